The molecule has 3 aromatic rings. The zero-order valence-electron chi connectivity index (χ0n) is 13.4. The Morgan fingerprint density at radius 1 is 1.29 bits per heavy atom. The van der Waals surface area contributed by atoms with Crippen LogP contribution in [0.1, 0.15) is 41.5 Å². The van der Waals surface area contributed by atoms with E-state index in [1.54, 1.807) is 4.57 Å². The highest BCUT2D eigenvalue weighted by Crippen LogP contribution is 2.22. The Morgan fingerprint density at radius 2 is 2.04 bits per heavy atom. The molecular formula is C18H18N2O3S. The van der Waals surface area contributed by atoms with Crippen molar-refractivity contribution < 1.29 is 9.90 Å². The summed E-state index contributed by atoms with van der Waals surface area (Å²) >= 11 is 1.21. The van der Waals surface area contributed by atoms with Gasteiger partial charge in [0.2, 0.25) is 0 Å². The van der Waals surface area contributed by atoms with Gasteiger partial charge in [-0.3, -0.25) is 9.36 Å². The minimum atomic E-state index is -1.09. The van der Waals surface area contributed by atoms with Crippen LogP contribution in [0.15, 0.2) is 40.5 Å². The van der Waals surface area contributed by atoms with E-state index in [1.165, 1.54) is 16.7 Å². The smallest absolute Gasteiger partial charge is 0.337 e. The minimum Gasteiger partial charge on any atom is -0.478 e. The van der Waals surface area contributed by atoms with Crippen molar-refractivity contribution in [2.75, 3.05) is 0 Å². The van der Waals surface area contributed by atoms with Gasteiger partial charge in [0.25, 0.3) is 5.56 Å². The van der Waals surface area contributed by atoms with Gasteiger partial charge in [0.05, 0.1) is 10.9 Å². The molecule has 2 heterocycles. The molecule has 24 heavy (non-hydrogen) atoms. The van der Waals surface area contributed by atoms with Crippen LogP contribution in [-0.2, 0) is 13.0 Å². The average Bonchev–Trinajstić information content (AvgIpc) is 3.00. The summed E-state index contributed by atoms with van der Waals surface area (Å²) in [5, 5.41) is 11.0. The number of thiophene rings is 1. The van der Waals surface area contributed by atoms with Crippen molar-refractivity contribution in [3.05, 3.63) is 63.0 Å². The summed E-state index contributed by atoms with van der Waals surface area (Å²) in [6.45, 7) is 2.61. The van der Waals surface area contributed by atoms with Crippen molar-refractivity contribution in [1.82, 2.24) is 9.55 Å². The molecule has 0 amide bonds. The Labute approximate surface area is 143 Å². The fraction of sp³-hybridized carbons (Fsp3) is 0.278. The first kappa shape index (κ1) is 16.4. The van der Waals surface area contributed by atoms with Gasteiger partial charge < -0.3 is 5.11 Å². The monoisotopic (exact) mass is 342 g/mol. The molecule has 6 heteroatoms. The molecule has 1 N–H and O–H groups in total. The summed E-state index contributed by atoms with van der Waals surface area (Å²) in [5.74, 6) is -0.399. The second-order valence-corrected chi connectivity index (χ2v) is 6.49. The molecule has 0 saturated carbocycles. The van der Waals surface area contributed by atoms with Crippen molar-refractivity contribution in [2.45, 2.75) is 32.7 Å². The van der Waals surface area contributed by atoms with E-state index in [2.05, 4.69) is 11.9 Å². The number of carboxylic acids is 1. The number of aromatic carboxylic acids is 1. The second-order valence-electron chi connectivity index (χ2n) is 5.64. The van der Waals surface area contributed by atoms with E-state index < -0.39 is 5.97 Å². The molecule has 3 rings (SSSR count). The summed E-state index contributed by atoms with van der Waals surface area (Å²) in [4.78, 5) is 29.4. The Morgan fingerprint density at radius 3 is 2.71 bits per heavy atom. The third-order valence-corrected chi connectivity index (χ3v) is 4.82. The van der Waals surface area contributed by atoms with Gasteiger partial charge in [0.1, 0.15) is 10.7 Å². The quantitative estimate of drug-likeness (QED) is 0.743. The van der Waals surface area contributed by atoms with E-state index in [0.717, 1.165) is 18.4 Å². The van der Waals surface area contributed by atoms with Gasteiger partial charge in [-0.15, -0.1) is 11.3 Å². The number of aromatic nitrogens is 2. The average molecular weight is 342 g/mol. The first-order valence-corrected chi connectivity index (χ1v) is 8.78. The van der Waals surface area contributed by atoms with E-state index in [9.17, 15) is 14.7 Å². The summed E-state index contributed by atoms with van der Waals surface area (Å²) in [7, 11) is 0. The molecule has 5 nitrogen and oxygen atoms in total. The zero-order chi connectivity index (χ0) is 17.1. The van der Waals surface area contributed by atoms with Crippen LogP contribution in [0.3, 0.4) is 0 Å². The Bertz CT molecular complexity index is 929. The molecule has 0 aliphatic carbocycles. The van der Waals surface area contributed by atoms with Crippen LogP contribution < -0.4 is 5.56 Å². The highest BCUT2D eigenvalue weighted by molar-refractivity contribution is 7.17. The fourth-order valence-corrected chi connectivity index (χ4v) is 3.61. The number of unbranched alkanes of at least 4 members (excludes halogenated alkanes) is 1. The van der Waals surface area contributed by atoms with Gasteiger partial charge in [0, 0.05) is 18.3 Å². The van der Waals surface area contributed by atoms with E-state index >= 15 is 0 Å². The van der Waals surface area contributed by atoms with E-state index in [1.807, 2.05) is 30.3 Å². The predicted octanol–water partition coefficient (Wildman–Crippen LogP) is 3.55. The minimum absolute atomic E-state index is 0.0454. The fourth-order valence-electron chi connectivity index (χ4n) is 2.68. The molecule has 0 atom stereocenters. The predicted molar refractivity (Wildman–Crippen MR) is 95.0 cm³/mol. The van der Waals surface area contributed by atoms with E-state index in [-0.39, 0.29) is 16.5 Å². The summed E-state index contributed by atoms with van der Waals surface area (Å²) in [5.41, 5.74) is 0.867. The summed E-state index contributed by atoms with van der Waals surface area (Å²) in [6, 6.07) is 9.85. The molecule has 0 radical (unpaired) electrons. The number of benzene rings is 1. The molecular weight excluding hydrogens is 324 g/mol. The van der Waals surface area contributed by atoms with Crippen molar-refractivity contribution >= 4 is 27.5 Å². The van der Waals surface area contributed by atoms with Gasteiger partial charge >= 0.3 is 5.97 Å². The summed E-state index contributed by atoms with van der Waals surface area (Å²) in [6.07, 6.45) is 2.35. The molecule has 0 bridgehead atoms. The maximum Gasteiger partial charge on any atom is 0.337 e. The molecule has 0 unspecified atom stereocenters. The first-order chi connectivity index (χ1) is 11.6. The molecule has 0 aliphatic heterocycles. The standard InChI is InChI=1S/C18H18N2O3S/c1-2-3-9-20-14(10-12-7-5-4-6-8-12)19-16-15(17(20)21)13(11-24-16)18(22)23/h4-8,11H,2-3,9-10H2,1H3,(H,22,23). The number of carbonyl (C=O) groups is 1. The van der Waals surface area contributed by atoms with Crippen molar-refractivity contribution in [3.8, 4) is 0 Å². The van der Waals surface area contributed by atoms with E-state index in [0.29, 0.717) is 23.6 Å². The number of carboxylic acid groups (broad SMARTS) is 1. The molecule has 0 saturated heterocycles. The maximum atomic E-state index is 12.9. The number of nitrogens with zero attached hydrogens (tertiary/aromatic N) is 2. The van der Waals surface area contributed by atoms with Crippen LogP contribution in [0.2, 0.25) is 0 Å². The van der Waals surface area contributed by atoms with Crippen LogP contribution >= 0.6 is 11.3 Å². The highest BCUT2D eigenvalue weighted by atomic mass is 32.1. The molecule has 0 aliphatic rings. The molecule has 0 fully saturated rings. The lowest BCUT2D eigenvalue weighted by Gasteiger charge is -2.12. The van der Waals surface area contributed by atoms with Crippen molar-refractivity contribution in [2.24, 2.45) is 0 Å². The van der Waals surface area contributed by atoms with Gasteiger partial charge in [-0.2, -0.15) is 0 Å². The molecule has 1 aromatic carbocycles. The first-order valence-electron chi connectivity index (χ1n) is 7.90. The van der Waals surface area contributed by atoms with Crippen molar-refractivity contribution in [1.29, 1.82) is 0 Å². The largest absolute Gasteiger partial charge is 0.478 e. The van der Waals surface area contributed by atoms with Crippen molar-refractivity contribution in [3.63, 3.8) is 0 Å². The highest BCUT2D eigenvalue weighted by Gasteiger charge is 2.19. The normalized spacial score (nSPS) is 11.0. The lowest BCUT2D eigenvalue weighted by atomic mass is 10.1. The Hall–Kier alpha value is -2.47. The van der Waals surface area contributed by atoms with Crippen LogP contribution in [0.25, 0.3) is 10.2 Å². The van der Waals surface area contributed by atoms with Gasteiger partial charge in [-0.05, 0) is 12.0 Å². The van der Waals surface area contributed by atoms with Crippen LogP contribution in [-0.4, -0.2) is 20.6 Å². The number of hydrogen-bond donors (Lipinski definition) is 1. The van der Waals surface area contributed by atoms with E-state index in [4.69, 9.17) is 0 Å². The lowest BCUT2D eigenvalue weighted by Crippen LogP contribution is -2.26. The van der Waals surface area contributed by atoms with Gasteiger partial charge in [-0.25, -0.2) is 9.78 Å². The third kappa shape index (κ3) is 3.10. The maximum absolute atomic E-state index is 12.9. The van der Waals surface area contributed by atoms with Crippen LogP contribution in [0.5, 0.6) is 0 Å². The van der Waals surface area contributed by atoms with Crippen LogP contribution in [0, 0.1) is 0 Å². The topological polar surface area (TPSA) is 72.2 Å². The Balaban J connectivity index is 2.16. The molecule has 2 aromatic heterocycles. The van der Waals surface area contributed by atoms with Gasteiger partial charge in [-0.1, -0.05) is 43.7 Å². The second kappa shape index (κ2) is 6.97. The number of rotatable bonds is 6. The SMILES string of the molecule is CCCCn1c(Cc2ccccc2)nc2scc(C(=O)O)c2c1=O. The lowest BCUT2D eigenvalue weighted by molar-refractivity contribution is 0.0699. The number of fused-ring (bicyclic) bond motifs is 1. The van der Waals surface area contributed by atoms with Crippen LogP contribution in [0.4, 0.5) is 0 Å². The number of hydrogen-bond acceptors (Lipinski definition) is 4. The molecule has 124 valence electrons. The zero-order valence-corrected chi connectivity index (χ0v) is 14.2. The third-order valence-electron chi connectivity index (χ3n) is 3.94. The molecule has 0 spiro atoms. The Kier molecular flexibility index (Phi) is 4.76. The van der Waals surface area contributed by atoms with Gasteiger partial charge in [0.15, 0.2) is 0 Å². The summed E-state index contributed by atoms with van der Waals surface area (Å²) < 4.78 is 1.64.